The number of amides is 2. The van der Waals surface area contributed by atoms with Gasteiger partial charge in [0.2, 0.25) is 11.8 Å². The van der Waals surface area contributed by atoms with Gasteiger partial charge in [-0.05, 0) is 161 Å². The van der Waals surface area contributed by atoms with Crippen molar-refractivity contribution < 1.29 is 47.5 Å². The fourth-order valence-electron chi connectivity index (χ4n) is 15.8. The standard InChI is InChI=1S/C98H134N8O10/c1-9-17-33-109-91-65-41-69-53-83(101)57-73(93(69)111-35-19-11-3)45-77-61-87(62-78(97(77)115-39-23-15-7)46-74-58-84(102)54-70(94(74)112-36-20-12-4)42-66(91)50-81(99)49-65)105-89(107)31-29-27-25-26-28-30-32-90(108)106-88-63-79-47-75-59-85(103)55-71(95(75)113-37-21-13-5)43-67-51-82(100)52-68(92(67)110-34-18-10-2)44-72-56-86(104)60-76(96(72)114-38-22-14-6)48-80(64-88)98(79)116-40-24-16-8/h49-64H,9-48,99-104H2,1-8H3,(H,105,107)(H,106,108). The van der Waals surface area contributed by atoms with Crippen molar-refractivity contribution in [1.82, 2.24) is 0 Å². The Hall–Kier alpha value is -10.1. The Morgan fingerprint density at radius 2 is 0.362 bits per heavy atom. The van der Waals surface area contributed by atoms with Crippen LogP contribution < -0.4 is 82.9 Å². The van der Waals surface area contributed by atoms with E-state index in [1.54, 1.807) is 0 Å². The minimum atomic E-state index is -0.0743. The van der Waals surface area contributed by atoms with Gasteiger partial charge < -0.3 is 82.9 Å². The fraction of sp³-hybridized carbons (Fsp3) is 0.490. The van der Waals surface area contributed by atoms with Crippen molar-refractivity contribution in [1.29, 1.82) is 0 Å². The Balaban J connectivity index is 0.889. The molecule has 2 amide bonds. The number of unbranched alkanes of at least 4 members (excludes halogenated alkanes) is 13. The van der Waals surface area contributed by atoms with Crippen molar-refractivity contribution in [3.05, 3.63) is 186 Å². The predicted molar refractivity (Wildman–Crippen MR) is 478 cm³/mol. The summed E-state index contributed by atoms with van der Waals surface area (Å²) in [6, 6.07) is 32.5. The zero-order valence-electron chi connectivity index (χ0n) is 71.1. The fourth-order valence-corrected chi connectivity index (χ4v) is 15.8. The van der Waals surface area contributed by atoms with Gasteiger partial charge in [0.1, 0.15) is 46.0 Å². The monoisotopic (exact) mass is 1580 g/mol. The first-order chi connectivity index (χ1) is 56.4. The van der Waals surface area contributed by atoms with E-state index in [1.807, 2.05) is 72.8 Å². The lowest BCUT2D eigenvalue weighted by Gasteiger charge is -2.24. The van der Waals surface area contributed by atoms with Gasteiger partial charge in [0.25, 0.3) is 0 Å². The van der Waals surface area contributed by atoms with E-state index in [0.717, 1.165) is 263 Å². The number of anilines is 8. The largest absolute Gasteiger partial charge is 0.493 e. The van der Waals surface area contributed by atoms with Crippen LogP contribution in [0.15, 0.2) is 97.1 Å². The Morgan fingerprint density at radius 3 is 0.509 bits per heavy atom. The third-order valence-electron chi connectivity index (χ3n) is 21.7. The number of nitrogen functional groups attached to an aromatic ring is 6. The summed E-state index contributed by atoms with van der Waals surface area (Å²) < 4.78 is 55.1. The third kappa shape index (κ3) is 25.2. The molecule has 14 N–H and O–H groups in total. The van der Waals surface area contributed by atoms with E-state index in [-0.39, 0.29) is 11.8 Å². The van der Waals surface area contributed by atoms with E-state index in [0.29, 0.717) is 175 Å². The highest BCUT2D eigenvalue weighted by molar-refractivity contribution is 5.92. The average Bonchev–Trinajstić information content (AvgIpc) is 0.777. The van der Waals surface area contributed by atoms with Gasteiger partial charge in [-0.1, -0.05) is 132 Å². The van der Waals surface area contributed by atoms with Gasteiger partial charge in [-0.25, -0.2) is 0 Å². The minimum absolute atomic E-state index is 0.0743. The number of carbonyl (C=O) groups excluding carboxylic acids is 2. The molecule has 0 unspecified atom stereocenters. The highest BCUT2D eigenvalue weighted by Gasteiger charge is 2.29. The van der Waals surface area contributed by atoms with Crippen LogP contribution in [0.5, 0.6) is 46.0 Å². The Labute approximate surface area is 691 Å². The number of hydrogen-bond donors (Lipinski definition) is 8. The highest BCUT2D eigenvalue weighted by Crippen LogP contribution is 2.46. The molecule has 116 heavy (non-hydrogen) atoms. The maximum atomic E-state index is 14.4. The molecule has 0 aliphatic heterocycles. The number of nitrogens with two attached hydrogens (primary N) is 6. The summed E-state index contributed by atoms with van der Waals surface area (Å²) in [6.07, 6.45) is 23.7. The van der Waals surface area contributed by atoms with Crippen LogP contribution in [0.2, 0.25) is 0 Å². The van der Waals surface area contributed by atoms with Crippen molar-refractivity contribution in [2.24, 2.45) is 0 Å². The van der Waals surface area contributed by atoms with Crippen LogP contribution in [0.4, 0.5) is 45.5 Å². The predicted octanol–water partition coefficient (Wildman–Crippen LogP) is 21.7. The molecular formula is C98H134N8O10. The number of hydrogen-bond acceptors (Lipinski definition) is 16. The van der Waals surface area contributed by atoms with Crippen LogP contribution in [0.1, 0.15) is 299 Å². The molecule has 0 fully saturated rings. The van der Waals surface area contributed by atoms with Gasteiger partial charge in [-0.15, -0.1) is 0 Å². The van der Waals surface area contributed by atoms with Crippen LogP contribution >= 0.6 is 0 Å². The summed E-state index contributed by atoms with van der Waals surface area (Å²) in [4.78, 5) is 28.8. The van der Waals surface area contributed by atoms with E-state index in [1.165, 1.54) is 0 Å². The lowest BCUT2D eigenvalue weighted by molar-refractivity contribution is -0.117. The molecule has 626 valence electrons. The minimum Gasteiger partial charge on any atom is -0.493 e. The van der Waals surface area contributed by atoms with Crippen LogP contribution in [-0.2, 0) is 61.0 Å². The molecule has 18 nitrogen and oxygen atoms in total. The maximum Gasteiger partial charge on any atom is 0.224 e. The summed E-state index contributed by atoms with van der Waals surface area (Å²) in [5, 5.41) is 6.71. The summed E-state index contributed by atoms with van der Waals surface area (Å²) >= 11 is 0. The second kappa shape index (κ2) is 45.4. The first kappa shape index (κ1) is 88.3. The molecule has 2 aliphatic rings. The van der Waals surface area contributed by atoms with Gasteiger partial charge in [0, 0.05) is 199 Å². The van der Waals surface area contributed by atoms with Crippen LogP contribution in [0, 0.1) is 0 Å². The van der Waals surface area contributed by atoms with Crippen LogP contribution in [0.3, 0.4) is 0 Å². The molecule has 0 saturated heterocycles. The van der Waals surface area contributed by atoms with Crippen molar-refractivity contribution in [2.75, 3.05) is 97.9 Å². The third-order valence-corrected chi connectivity index (χ3v) is 21.7. The molecule has 10 rings (SSSR count). The number of rotatable bonds is 43. The molecule has 16 bridgehead atoms. The normalized spacial score (nSPS) is 12.4. The lowest BCUT2D eigenvalue weighted by atomic mass is 9.90. The number of carbonyl (C=O) groups is 2. The molecule has 0 saturated carbocycles. The van der Waals surface area contributed by atoms with E-state index in [9.17, 15) is 9.59 Å². The van der Waals surface area contributed by atoms with Gasteiger partial charge in [-0.3, -0.25) is 9.59 Å². The first-order valence-electron chi connectivity index (χ1n) is 43.8. The Morgan fingerprint density at radius 1 is 0.224 bits per heavy atom. The molecular weight excluding hydrogens is 1450 g/mol. The number of benzene rings is 8. The summed E-state index contributed by atoms with van der Waals surface area (Å²) in [5.74, 6) is 6.03. The molecule has 8 aromatic carbocycles. The van der Waals surface area contributed by atoms with Crippen molar-refractivity contribution in [2.45, 2.75) is 261 Å². The van der Waals surface area contributed by atoms with Crippen molar-refractivity contribution in [3.63, 3.8) is 0 Å². The van der Waals surface area contributed by atoms with Crippen LogP contribution in [-0.4, -0.2) is 64.7 Å². The van der Waals surface area contributed by atoms with Crippen molar-refractivity contribution >= 4 is 57.3 Å². The smallest absolute Gasteiger partial charge is 0.224 e. The van der Waals surface area contributed by atoms with E-state index < -0.39 is 0 Å². The number of fused-ring (bicyclic) bond motifs is 16. The lowest BCUT2D eigenvalue weighted by Crippen LogP contribution is -2.14. The maximum absolute atomic E-state index is 14.4. The summed E-state index contributed by atoms with van der Waals surface area (Å²) in [5.41, 5.74) is 61.3. The molecule has 0 aromatic heterocycles. The Kier molecular flexibility index (Phi) is 34.6. The average molecular weight is 1580 g/mol. The Bertz CT molecular complexity index is 4040. The highest BCUT2D eigenvalue weighted by atomic mass is 16.5. The number of nitrogens with one attached hydrogen (secondary N) is 2. The molecule has 0 spiro atoms. The second-order valence-electron chi connectivity index (χ2n) is 32.0. The van der Waals surface area contributed by atoms with Gasteiger partial charge in [0.05, 0.1) is 52.9 Å². The van der Waals surface area contributed by atoms with Gasteiger partial charge in [-0.2, -0.15) is 0 Å². The molecule has 0 radical (unpaired) electrons. The summed E-state index contributed by atoms with van der Waals surface area (Å²) in [7, 11) is 0. The zero-order chi connectivity index (χ0) is 82.3. The van der Waals surface area contributed by atoms with E-state index in [4.69, 9.17) is 72.3 Å². The molecule has 18 heteroatoms. The van der Waals surface area contributed by atoms with E-state index >= 15 is 0 Å². The number of ether oxygens (including phenoxy) is 8. The zero-order valence-corrected chi connectivity index (χ0v) is 71.1. The van der Waals surface area contributed by atoms with Crippen molar-refractivity contribution in [3.8, 4) is 46.0 Å². The first-order valence-corrected chi connectivity index (χ1v) is 43.8. The molecule has 0 heterocycles. The van der Waals surface area contributed by atoms with E-state index in [2.05, 4.69) is 90.3 Å². The van der Waals surface area contributed by atoms with Gasteiger partial charge >= 0.3 is 0 Å². The SMILES string of the molecule is CCCCOc1c2cc(N)cc1Cc1cc(N)cc(c1OCCCC)Cc1cc(NC(=O)CCCCCCCCC(=O)Nc3cc4c(OCCCC)c(c3)Cc3cc(N)cc(c3OCCCC)Cc3cc(N)cc(c3OCCCC)Cc3cc(N)cc(c3OCCCC)C4)cc(c1OCCCC)Cc1cc(N)cc(c1OCCCC)C2. The molecule has 2 aliphatic carbocycles. The summed E-state index contributed by atoms with van der Waals surface area (Å²) in [6.45, 7) is 21.5. The van der Waals surface area contributed by atoms with Crippen LogP contribution in [0.25, 0.3) is 0 Å². The second-order valence-corrected chi connectivity index (χ2v) is 32.0. The topological polar surface area (TPSA) is 288 Å². The van der Waals surface area contributed by atoms with Gasteiger partial charge in [0.15, 0.2) is 0 Å². The quantitative estimate of drug-likeness (QED) is 0.0130. The molecule has 0 atom stereocenters. The molecule has 8 aromatic rings.